The number of fused-ring (bicyclic) bond motifs is 1. The Bertz CT molecular complexity index is 531. The molecular weight excluding hydrogens is 288 g/mol. The SMILES string of the molecule is Cc1nnc(N2C[C@@H]3C[C@H](CC(=O)NC4CC4)O[C@@H]3C2)s1. The van der Waals surface area contributed by atoms with Crippen LogP contribution in [0.1, 0.15) is 30.7 Å². The fourth-order valence-electron chi connectivity index (χ4n) is 3.28. The molecule has 4 rings (SSSR count). The fraction of sp³-hybridized carbons (Fsp3) is 0.786. The lowest BCUT2D eigenvalue weighted by atomic mass is 10.0. The second-order valence-electron chi connectivity index (χ2n) is 6.35. The summed E-state index contributed by atoms with van der Waals surface area (Å²) in [4.78, 5) is 14.1. The van der Waals surface area contributed by atoms with Crippen molar-refractivity contribution in [3.05, 3.63) is 5.01 Å². The van der Waals surface area contributed by atoms with Crippen molar-refractivity contribution in [2.24, 2.45) is 5.92 Å². The van der Waals surface area contributed by atoms with Gasteiger partial charge in [-0.3, -0.25) is 4.79 Å². The van der Waals surface area contributed by atoms with Gasteiger partial charge in [0.25, 0.3) is 0 Å². The first-order valence-electron chi connectivity index (χ1n) is 7.67. The number of amides is 1. The Morgan fingerprint density at radius 3 is 2.95 bits per heavy atom. The summed E-state index contributed by atoms with van der Waals surface area (Å²) in [5.41, 5.74) is 0. The highest BCUT2D eigenvalue weighted by Crippen LogP contribution is 2.37. The molecule has 1 saturated carbocycles. The van der Waals surface area contributed by atoms with E-state index in [1.54, 1.807) is 11.3 Å². The highest BCUT2D eigenvalue weighted by molar-refractivity contribution is 7.15. The Labute approximate surface area is 127 Å². The average molecular weight is 308 g/mol. The van der Waals surface area contributed by atoms with Gasteiger partial charge in [-0.25, -0.2) is 0 Å². The van der Waals surface area contributed by atoms with Crippen LogP contribution in [0, 0.1) is 12.8 Å². The second kappa shape index (κ2) is 5.21. The number of hydrogen-bond donors (Lipinski definition) is 1. The number of carbonyl (C=O) groups is 1. The number of carbonyl (C=O) groups excluding carboxylic acids is 1. The summed E-state index contributed by atoms with van der Waals surface area (Å²) in [7, 11) is 0. The Kier molecular flexibility index (Phi) is 3.34. The maximum Gasteiger partial charge on any atom is 0.222 e. The van der Waals surface area contributed by atoms with E-state index < -0.39 is 0 Å². The molecule has 2 aliphatic heterocycles. The minimum Gasteiger partial charge on any atom is -0.372 e. The molecule has 0 spiro atoms. The van der Waals surface area contributed by atoms with Crippen LogP contribution in [0.5, 0.6) is 0 Å². The van der Waals surface area contributed by atoms with Crippen molar-refractivity contribution < 1.29 is 9.53 Å². The Hall–Kier alpha value is -1.21. The van der Waals surface area contributed by atoms with E-state index in [4.69, 9.17) is 4.74 Å². The van der Waals surface area contributed by atoms with Gasteiger partial charge in [0.2, 0.25) is 11.0 Å². The summed E-state index contributed by atoms with van der Waals surface area (Å²) >= 11 is 1.63. The van der Waals surface area contributed by atoms with Crippen molar-refractivity contribution in [2.75, 3.05) is 18.0 Å². The topological polar surface area (TPSA) is 67.4 Å². The number of aromatic nitrogens is 2. The zero-order chi connectivity index (χ0) is 14.4. The van der Waals surface area contributed by atoms with Crippen LogP contribution in [0.3, 0.4) is 0 Å². The second-order valence-corrected chi connectivity index (χ2v) is 7.51. The molecule has 114 valence electrons. The number of nitrogens with zero attached hydrogens (tertiary/aromatic N) is 3. The standard InChI is InChI=1S/C14H20N4O2S/c1-8-16-17-14(21-8)18-6-9-4-11(20-12(9)7-18)5-13(19)15-10-2-3-10/h9-12H,2-7H2,1H3,(H,15,19)/t9-,11+,12+/m0/s1. The van der Waals surface area contributed by atoms with E-state index in [0.29, 0.717) is 18.4 Å². The molecule has 1 aliphatic carbocycles. The lowest BCUT2D eigenvalue weighted by molar-refractivity contribution is -0.123. The molecule has 2 saturated heterocycles. The Morgan fingerprint density at radius 1 is 1.43 bits per heavy atom. The number of anilines is 1. The molecule has 3 atom stereocenters. The lowest BCUT2D eigenvalue weighted by Crippen LogP contribution is -2.30. The first kappa shape index (κ1) is 13.5. The van der Waals surface area contributed by atoms with Crippen LogP contribution in [0.15, 0.2) is 0 Å². The number of hydrogen-bond acceptors (Lipinski definition) is 6. The number of ether oxygens (including phenoxy) is 1. The van der Waals surface area contributed by atoms with Gasteiger partial charge in [-0.05, 0) is 26.2 Å². The zero-order valence-corrected chi connectivity index (χ0v) is 12.9. The van der Waals surface area contributed by atoms with Crippen LogP contribution in [-0.2, 0) is 9.53 Å². The molecule has 3 aliphatic rings. The van der Waals surface area contributed by atoms with E-state index in [1.807, 2.05) is 6.92 Å². The Morgan fingerprint density at radius 2 is 2.29 bits per heavy atom. The molecule has 21 heavy (non-hydrogen) atoms. The van der Waals surface area contributed by atoms with Gasteiger partial charge in [-0.15, -0.1) is 10.2 Å². The van der Waals surface area contributed by atoms with Crippen molar-refractivity contribution in [1.29, 1.82) is 0 Å². The molecule has 7 heteroatoms. The molecule has 1 amide bonds. The van der Waals surface area contributed by atoms with Crippen molar-refractivity contribution in [1.82, 2.24) is 15.5 Å². The summed E-state index contributed by atoms with van der Waals surface area (Å²) in [5.74, 6) is 0.673. The van der Waals surface area contributed by atoms with Gasteiger partial charge in [-0.2, -0.15) is 0 Å². The molecule has 0 bridgehead atoms. The van der Waals surface area contributed by atoms with Crippen molar-refractivity contribution in [3.63, 3.8) is 0 Å². The third-order valence-corrected chi connectivity index (χ3v) is 5.35. The van der Waals surface area contributed by atoms with Crippen LogP contribution in [0.4, 0.5) is 5.13 Å². The van der Waals surface area contributed by atoms with Crippen LogP contribution >= 0.6 is 11.3 Å². The number of nitrogens with one attached hydrogen (secondary N) is 1. The van der Waals surface area contributed by atoms with Gasteiger partial charge in [0.15, 0.2) is 0 Å². The lowest BCUT2D eigenvalue weighted by Gasteiger charge is -2.17. The molecule has 6 nitrogen and oxygen atoms in total. The summed E-state index contributed by atoms with van der Waals surface area (Å²) < 4.78 is 6.07. The van der Waals surface area contributed by atoms with Gasteiger partial charge in [0.1, 0.15) is 5.01 Å². The molecule has 1 aromatic heterocycles. The highest BCUT2D eigenvalue weighted by Gasteiger charge is 2.43. The minimum atomic E-state index is 0.0945. The maximum absolute atomic E-state index is 11.8. The first-order valence-corrected chi connectivity index (χ1v) is 8.49. The van der Waals surface area contributed by atoms with E-state index >= 15 is 0 Å². The van der Waals surface area contributed by atoms with Gasteiger partial charge in [0, 0.05) is 25.0 Å². The number of aryl methyl sites for hydroxylation is 1. The molecule has 0 radical (unpaired) electrons. The van der Waals surface area contributed by atoms with E-state index in [0.717, 1.165) is 42.5 Å². The Balaban J connectivity index is 1.29. The van der Waals surface area contributed by atoms with Gasteiger partial charge >= 0.3 is 0 Å². The monoisotopic (exact) mass is 308 g/mol. The quantitative estimate of drug-likeness (QED) is 0.902. The minimum absolute atomic E-state index is 0.0945. The molecule has 1 aromatic rings. The van der Waals surface area contributed by atoms with E-state index in [2.05, 4.69) is 20.4 Å². The zero-order valence-electron chi connectivity index (χ0n) is 12.1. The molecule has 3 fully saturated rings. The smallest absolute Gasteiger partial charge is 0.222 e. The van der Waals surface area contributed by atoms with Gasteiger partial charge < -0.3 is 15.0 Å². The van der Waals surface area contributed by atoms with Gasteiger partial charge in [0.05, 0.1) is 18.6 Å². The largest absolute Gasteiger partial charge is 0.372 e. The molecule has 1 N–H and O–H groups in total. The average Bonchev–Trinajstić information content (AvgIpc) is 2.82. The van der Waals surface area contributed by atoms with E-state index in [9.17, 15) is 4.79 Å². The van der Waals surface area contributed by atoms with Crippen LogP contribution < -0.4 is 10.2 Å². The molecular formula is C14H20N4O2S. The van der Waals surface area contributed by atoms with Crippen molar-refractivity contribution >= 4 is 22.4 Å². The van der Waals surface area contributed by atoms with Crippen LogP contribution in [0.2, 0.25) is 0 Å². The normalized spacial score (nSPS) is 31.5. The molecule has 0 unspecified atom stereocenters. The summed E-state index contributed by atoms with van der Waals surface area (Å²) in [6.07, 6.45) is 4.11. The van der Waals surface area contributed by atoms with E-state index in [1.165, 1.54) is 0 Å². The van der Waals surface area contributed by atoms with Crippen LogP contribution in [-0.4, -0.2) is 47.4 Å². The van der Waals surface area contributed by atoms with E-state index in [-0.39, 0.29) is 18.1 Å². The highest BCUT2D eigenvalue weighted by atomic mass is 32.1. The predicted octanol–water partition coefficient (Wildman–Crippen LogP) is 1.11. The summed E-state index contributed by atoms with van der Waals surface area (Å²) in [6, 6.07) is 0.439. The van der Waals surface area contributed by atoms with Gasteiger partial charge in [-0.1, -0.05) is 11.3 Å². The van der Waals surface area contributed by atoms with Crippen molar-refractivity contribution in [2.45, 2.75) is 50.9 Å². The van der Waals surface area contributed by atoms with Crippen molar-refractivity contribution in [3.8, 4) is 0 Å². The summed E-state index contributed by atoms with van der Waals surface area (Å²) in [5, 5.41) is 13.3. The maximum atomic E-state index is 11.8. The first-order chi connectivity index (χ1) is 10.2. The molecule has 0 aromatic carbocycles. The predicted molar refractivity (Wildman–Crippen MR) is 79.4 cm³/mol. The number of rotatable bonds is 4. The summed E-state index contributed by atoms with van der Waals surface area (Å²) in [6.45, 7) is 3.82. The van der Waals surface area contributed by atoms with Crippen LogP contribution in [0.25, 0.3) is 0 Å². The third-order valence-electron chi connectivity index (χ3n) is 4.46. The fourth-order valence-corrected chi connectivity index (χ4v) is 3.99. The third kappa shape index (κ3) is 2.89. The molecule has 3 heterocycles.